The average molecular weight is 398 g/mol. The number of ether oxygens (including phenoxy) is 1. The minimum Gasteiger partial charge on any atom is -0.376 e. The molecule has 0 spiro atoms. The van der Waals surface area contributed by atoms with E-state index in [1.165, 1.54) is 11.6 Å². The number of carbonyl (C=O) groups excluding carboxylic acids is 1. The number of alkyl halides is 3. The number of nitrogens with one attached hydrogen (secondary N) is 1. The van der Waals surface area contributed by atoms with Gasteiger partial charge in [0, 0.05) is 13.0 Å². The van der Waals surface area contributed by atoms with Crippen molar-refractivity contribution in [2.75, 3.05) is 6.61 Å². The Morgan fingerprint density at radius 1 is 1.57 bits per heavy atom. The molecule has 0 bridgehead atoms. The van der Waals surface area contributed by atoms with Crippen molar-refractivity contribution in [3.8, 4) is 0 Å². The molecule has 0 aliphatic carbocycles. The van der Waals surface area contributed by atoms with Crippen LogP contribution in [0, 0.1) is 6.92 Å². The van der Waals surface area contributed by atoms with E-state index in [1.54, 1.807) is 0 Å². The number of nitrogens with zero attached hydrogens (tertiary/aromatic N) is 2. The topological polar surface area (TPSA) is 56.2 Å². The molecule has 1 amide bonds. The van der Waals surface area contributed by atoms with Crippen molar-refractivity contribution in [3.05, 3.63) is 15.9 Å². The highest BCUT2D eigenvalue weighted by Gasteiger charge is 2.37. The third-order valence-electron chi connectivity index (χ3n) is 3.86. The highest BCUT2D eigenvalue weighted by Crippen LogP contribution is 2.35. The molecule has 1 fully saturated rings. The summed E-state index contributed by atoms with van der Waals surface area (Å²) in [4.78, 5) is 11.9. The molecule has 1 aliphatic heterocycles. The summed E-state index contributed by atoms with van der Waals surface area (Å²) in [5.74, 6) is -0.229. The van der Waals surface area contributed by atoms with Gasteiger partial charge in [-0.05, 0) is 42.6 Å². The summed E-state index contributed by atoms with van der Waals surface area (Å²) in [6, 6.07) is -0.110. The molecular weight excluding hydrogens is 379 g/mol. The largest absolute Gasteiger partial charge is 0.436 e. The summed E-state index contributed by atoms with van der Waals surface area (Å²) < 4.78 is 45.0. The van der Waals surface area contributed by atoms with Crippen LogP contribution in [0.2, 0.25) is 0 Å². The van der Waals surface area contributed by atoms with Crippen molar-refractivity contribution in [1.82, 2.24) is 15.1 Å². The number of halogens is 4. The van der Waals surface area contributed by atoms with Crippen molar-refractivity contribution in [2.45, 2.75) is 58.0 Å². The van der Waals surface area contributed by atoms with E-state index in [0.717, 1.165) is 12.8 Å². The van der Waals surface area contributed by atoms with E-state index in [4.69, 9.17) is 4.74 Å². The fraction of sp³-hybridized carbons (Fsp3) is 0.714. The molecule has 0 radical (unpaired) electrons. The first-order valence-electron chi connectivity index (χ1n) is 7.41. The van der Waals surface area contributed by atoms with E-state index in [0.29, 0.717) is 12.3 Å². The second-order valence-electron chi connectivity index (χ2n) is 5.63. The van der Waals surface area contributed by atoms with E-state index >= 15 is 0 Å². The van der Waals surface area contributed by atoms with Gasteiger partial charge in [0.15, 0.2) is 5.69 Å². The number of aryl methyl sites for hydroxylation is 1. The number of amides is 1. The Morgan fingerprint density at radius 3 is 2.78 bits per heavy atom. The summed E-state index contributed by atoms with van der Waals surface area (Å²) in [6.07, 6.45) is -2.57. The van der Waals surface area contributed by atoms with Crippen molar-refractivity contribution in [1.29, 1.82) is 0 Å². The van der Waals surface area contributed by atoms with Crippen LogP contribution in [0.1, 0.15) is 37.6 Å². The minimum absolute atomic E-state index is 0.0105. The van der Waals surface area contributed by atoms with Crippen LogP contribution >= 0.6 is 15.9 Å². The molecule has 0 saturated carbocycles. The maximum Gasteiger partial charge on any atom is 0.436 e. The molecule has 130 valence electrons. The van der Waals surface area contributed by atoms with Crippen LogP contribution in [0.4, 0.5) is 13.2 Å². The van der Waals surface area contributed by atoms with Gasteiger partial charge in [-0.25, -0.2) is 0 Å². The molecule has 0 aromatic carbocycles. The molecule has 2 unspecified atom stereocenters. The van der Waals surface area contributed by atoms with Crippen LogP contribution in [0.25, 0.3) is 0 Å². The van der Waals surface area contributed by atoms with Gasteiger partial charge >= 0.3 is 6.18 Å². The van der Waals surface area contributed by atoms with Gasteiger partial charge in [-0.2, -0.15) is 18.3 Å². The van der Waals surface area contributed by atoms with Crippen molar-refractivity contribution >= 4 is 21.8 Å². The highest BCUT2D eigenvalue weighted by atomic mass is 79.9. The molecule has 2 atom stereocenters. The fourth-order valence-corrected chi connectivity index (χ4v) is 3.06. The lowest BCUT2D eigenvalue weighted by Crippen LogP contribution is -2.41. The summed E-state index contributed by atoms with van der Waals surface area (Å²) in [7, 11) is 0. The van der Waals surface area contributed by atoms with Crippen LogP contribution < -0.4 is 5.32 Å². The van der Waals surface area contributed by atoms with Gasteiger partial charge in [-0.3, -0.25) is 9.48 Å². The maximum absolute atomic E-state index is 12.8. The lowest BCUT2D eigenvalue weighted by Gasteiger charge is -2.20. The van der Waals surface area contributed by atoms with Crippen molar-refractivity contribution < 1.29 is 22.7 Å². The van der Waals surface area contributed by atoms with Gasteiger partial charge in [0.1, 0.15) is 0 Å². The Labute approximate surface area is 140 Å². The second kappa shape index (κ2) is 7.21. The zero-order valence-electron chi connectivity index (χ0n) is 12.9. The Kier molecular flexibility index (Phi) is 5.72. The van der Waals surface area contributed by atoms with Gasteiger partial charge in [0.2, 0.25) is 5.91 Å². The third kappa shape index (κ3) is 4.47. The zero-order chi connectivity index (χ0) is 17.2. The number of carbonyl (C=O) groups is 1. The number of aromatic nitrogens is 2. The van der Waals surface area contributed by atoms with Crippen LogP contribution in [0.3, 0.4) is 0 Å². The molecular formula is C14H19BrF3N3O2. The summed E-state index contributed by atoms with van der Waals surface area (Å²) >= 11 is 2.91. The maximum atomic E-state index is 12.8. The Balaban J connectivity index is 1.91. The molecule has 1 N–H and O–H groups in total. The molecule has 5 nitrogen and oxygen atoms in total. The van der Waals surface area contributed by atoms with Crippen LogP contribution in [0.15, 0.2) is 4.47 Å². The van der Waals surface area contributed by atoms with Crippen LogP contribution in [0.5, 0.6) is 0 Å². The van der Waals surface area contributed by atoms with E-state index in [9.17, 15) is 18.0 Å². The van der Waals surface area contributed by atoms with E-state index < -0.39 is 11.9 Å². The number of hydrogen-bond donors (Lipinski definition) is 1. The quantitative estimate of drug-likeness (QED) is 0.830. The van der Waals surface area contributed by atoms with Gasteiger partial charge < -0.3 is 10.1 Å². The van der Waals surface area contributed by atoms with E-state index in [-0.39, 0.29) is 35.5 Å². The first-order valence-corrected chi connectivity index (χ1v) is 8.20. The molecule has 2 heterocycles. The molecule has 1 aliphatic rings. The van der Waals surface area contributed by atoms with Crippen molar-refractivity contribution in [2.24, 2.45) is 0 Å². The Bertz CT molecular complexity index is 568. The smallest absolute Gasteiger partial charge is 0.376 e. The summed E-state index contributed by atoms with van der Waals surface area (Å²) in [5, 5.41) is 6.37. The van der Waals surface area contributed by atoms with Gasteiger partial charge in [-0.1, -0.05) is 0 Å². The molecule has 23 heavy (non-hydrogen) atoms. The van der Waals surface area contributed by atoms with Crippen LogP contribution in [-0.4, -0.2) is 34.4 Å². The lowest BCUT2D eigenvalue weighted by atomic mass is 10.1. The minimum atomic E-state index is -4.52. The fourth-order valence-electron chi connectivity index (χ4n) is 2.55. The summed E-state index contributed by atoms with van der Waals surface area (Å²) in [5.41, 5.74) is -0.625. The Hall–Kier alpha value is -1.09. The second-order valence-corrected chi connectivity index (χ2v) is 6.42. The van der Waals surface area contributed by atoms with Gasteiger partial charge in [0.05, 0.1) is 28.9 Å². The highest BCUT2D eigenvalue weighted by molar-refractivity contribution is 9.10. The van der Waals surface area contributed by atoms with E-state index in [2.05, 4.69) is 26.3 Å². The monoisotopic (exact) mass is 397 g/mol. The SMILES string of the molecule is Cc1c(Br)c(C(F)(F)F)nn1CCC(=O)NC(C)C1CCCO1. The van der Waals surface area contributed by atoms with Crippen molar-refractivity contribution in [3.63, 3.8) is 0 Å². The average Bonchev–Trinajstić information content (AvgIpc) is 3.07. The summed E-state index contributed by atoms with van der Waals surface area (Å²) in [6.45, 7) is 4.18. The van der Waals surface area contributed by atoms with E-state index in [1.807, 2.05) is 6.92 Å². The molecule has 9 heteroatoms. The van der Waals surface area contributed by atoms with Gasteiger partial charge in [-0.15, -0.1) is 0 Å². The molecule has 1 aromatic rings. The number of hydrogen-bond acceptors (Lipinski definition) is 3. The Morgan fingerprint density at radius 2 is 2.26 bits per heavy atom. The first kappa shape index (κ1) is 18.3. The first-order chi connectivity index (χ1) is 10.7. The van der Waals surface area contributed by atoms with Gasteiger partial charge in [0.25, 0.3) is 0 Å². The predicted molar refractivity (Wildman–Crippen MR) is 80.9 cm³/mol. The predicted octanol–water partition coefficient (Wildman–Crippen LogP) is 3.05. The molecule has 2 rings (SSSR count). The number of rotatable bonds is 5. The van der Waals surface area contributed by atoms with Crippen LogP contribution in [-0.2, 0) is 22.3 Å². The lowest BCUT2D eigenvalue weighted by molar-refractivity contribution is -0.142. The molecule has 1 saturated heterocycles. The zero-order valence-corrected chi connectivity index (χ0v) is 14.5. The third-order valence-corrected chi connectivity index (χ3v) is 4.81. The molecule has 1 aromatic heterocycles. The standard InChI is InChI=1S/C14H19BrF3N3O2/c1-8(10-4-3-7-23-10)19-11(22)5-6-21-9(2)12(15)13(20-21)14(16,17)18/h8,10H,3-7H2,1-2H3,(H,19,22). The normalized spacial score (nSPS) is 19.8.